The van der Waals surface area contributed by atoms with E-state index in [0.717, 1.165) is 11.8 Å². The normalized spacial score (nSPS) is 20.2. The van der Waals surface area contributed by atoms with Gasteiger partial charge < -0.3 is 10.2 Å². The van der Waals surface area contributed by atoms with Gasteiger partial charge in [-0.3, -0.25) is 4.79 Å². The molecule has 0 spiro atoms. The number of carbonyl (C=O) groups excluding carboxylic acids is 1. The molecule has 1 N–H and O–H groups in total. The van der Waals surface area contributed by atoms with Gasteiger partial charge in [0.25, 0.3) is 0 Å². The highest BCUT2D eigenvalue weighted by atomic mass is 16.1. The molecule has 0 radical (unpaired) electrons. The van der Waals surface area contributed by atoms with E-state index in [4.69, 9.17) is 0 Å². The fourth-order valence-corrected chi connectivity index (χ4v) is 1.61. The van der Waals surface area contributed by atoms with Crippen molar-refractivity contribution in [2.45, 2.75) is 6.17 Å². The number of hydrogen-bond donors (Lipinski definition) is 1. The molecule has 2 rings (SSSR count). The van der Waals surface area contributed by atoms with Gasteiger partial charge in [-0.2, -0.15) is 0 Å². The number of carbonyl (C=O) groups is 1. The third kappa shape index (κ3) is 1.48. The molecule has 1 unspecified atom stereocenters. The van der Waals surface area contributed by atoms with E-state index in [1.54, 1.807) is 0 Å². The topological polar surface area (TPSA) is 32.3 Å². The highest BCUT2D eigenvalue weighted by Gasteiger charge is 2.21. The summed E-state index contributed by atoms with van der Waals surface area (Å²) in [6, 6.07) is 10.0. The molecule has 0 saturated heterocycles. The molecular formula is C11H12N2O. The quantitative estimate of drug-likeness (QED) is 0.709. The molecule has 0 aliphatic carbocycles. The zero-order chi connectivity index (χ0) is 9.97. The van der Waals surface area contributed by atoms with Crippen molar-refractivity contribution < 1.29 is 4.79 Å². The largest absolute Gasteiger partial charge is 0.358 e. The van der Waals surface area contributed by atoms with Crippen LogP contribution < -0.4 is 5.32 Å². The first-order valence-corrected chi connectivity index (χ1v) is 4.51. The summed E-state index contributed by atoms with van der Waals surface area (Å²) in [7, 11) is 1.95. The molecular weight excluding hydrogens is 176 g/mol. The fourth-order valence-electron chi connectivity index (χ4n) is 1.61. The number of allylic oxidation sites excluding steroid dienone is 1. The summed E-state index contributed by atoms with van der Waals surface area (Å²) in [6.45, 7) is 0. The maximum absolute atomic E-state index is 10.6. The third-order valence-corrected chi connectivity index (χ3v) is 2.30. The van der Waals surface area contributed by atoms with Crippen LogP contribution in [0.3, 0.4) is 0 Å². The van der Waals surface area contributed by atoms with Gasteiger partial charge in [0, 0.05) is 13.2 Å². The van der Waals surface area contributed by atoms with Gasteiger partial charge >= 0.3 is 0 Å². The maximum atomic E-state index is 10.6. The Balaban J connectivity index is 2.20. The molecule has 1 aliphatic heterocycles. The smallest absolute Gasteiger partial charge is 0.167 e. The van der Waals surface area contributed by atoms with Crippen LogP contribution in [0, 0.1) is 0 Å². The van der Waals surface area contributed by atoms with E-state index in [9.17, 15) is 4.79 Å². The Morgan fingerprint density at radius 1 is 1.36 bits per heavy atom. The summed E-state index contributed by atoms with van der Waals surface area (Å²) in [5.74, 6) is 0. The van der Waals surface area contributed by atoms with Gasteiger partial charge in [-0.05, 0) is 5.56 Å². The van der Waals surface area contributed by atoms with E-state index in [2.05, 4.69) is 5.32 Å². The highest BCUT2D eigenvalue weighted by Crippen LogP contribution is 2.22. The highest BCUT2D eigenvalue weighted by molar-refractivity contribution is 5.73. The van der Waals surface area contributed by atoms with Crippen LogP contribution in [-0.2, 0) is 4.79 Å². The second-order valence-corrected chi connectivity index (χ2v) is 3.33. The second kappa shape index (κ2) is 3.54. The van der Waals surface area contributed by atoms with Gasteiger partial charge in [-0.15, -0.1) is 0 Å². The summed E-state index contributed by atoms with van der Waals surface area (Å²) < 4.78 is 0. The van der Waals surface area contributed by atoms with E-state index in [1.807, 2.05) is 48.5 Å². The molecule has 72 valence electrons. The van der Waals surface area contributed by atoms with Gasteiger partial charge in [-0.1, -0.05) is 30.3 Å². The second-order valence-electron chi connectivity index (χ2n) is 3.33. The number of benzene rings is 1. The van der Waals surface area contributed by atoms with E-state index in [1.165, 1.54) is 0 Å². The van der Waals surface area contributed by atoms with Crippen molar-refractivity contribution in [2.75, 3.05) is 7.05 Å². The lowest BCUT2D eigenvalue weighted by atomic mass is 10.2. The lowest BCUT2D eigenvalue weighted by molar-refractivity contribution is -0.105. The monoisotopic (exact) mass is 188 g/mol. The van der Waals surface area contributed by atoms with E-state index in [-0.39, 0.29) is 6.17 Å². The van der Waals surface area contributed by atoms with Gasteiger partial charge in [0.2, 0.25) is 0 Å². The molecule has 0 fully saturated rings. The molecule has 0 amide bonds. The zero-order valence-electron chi connectivity index (χ0n) is 7.97. The lowest BCUT2D eigenvalue weighted by Gasteiger charge is -2.21. The Labute approximate surface area is 83.0 Å². The van der Waals surface area contributed by atoms with Crippen molar-refractivity contribution in [3.05, 3.63) is 47.8 Å². The van der Waals surface area contributed by atoms with E-state index >= 15 is 0 Å². The predicted octanol–water partition coefficient (Wildman–Crippen LogP) is 1.26. The molecule has 1 aromatic rings. The Morgan fingerprint density at radius 2 is 2.07 bits per heavy atom. The first-order chi connectivity index (χ1) is 6.81. The van der Waals surface area contributed by atoms with Crippen LogP contribution in [0.5, 0.6) is 0 Å². The number of hydrogen-bond acceptors (Lipinski definition) is 3. The average Bonchev–Trinajstić information content (AvgIpc) is 2.61. The van der Waals surface area contributed by atoms with Crippen LogP contribution in [0.1, 0.15) is 11.7 Å². The van der Waals surface area contributed by atoms with Crippen LogP contribution in [0.2, 0.25) is 0 Å². The van der Waals surface area contributed by atoms with Crippen molar-refractivity contribution in [1.82, 2.24) is 10.2 Å². The molecule has 3 heteroatoms. The molecule has 1 aliphatic rings. The Kier molecular flexibility index (Phi) is 2.23. The maximum Gasteiger partial charge on any atom is 0.167 e. The Hall–Kier alpha value is -1.77. The predicted molar refractivity (Wildman–Crippen MR) is 54.2 cm³/mol. The molecule has 0 aromatic heterocycles. The minimum atomic E-state index is 0.0800. The minimum Gasteiger partial charge on any atom is -0.358 e. The standard InChI is InChI=1S/C11H12N2O/c1-13-7-10(8-14)12-11(13)9-5-3-2-4-6-9/h2-8,11-12H,1H3. The molecule has 3 nitrogen and oxygen atoms in total. The van der Waals surface area contributed by atoms with Crippen LogP contribution in [0.25, 0.3) is 0 Å². The number of nitrogens with zero attached hydrogens (tertiary/aromatic N) is 1. The summed E-state index contributed by atoms with van der Waals surface area (Å²) >= 11 is 0. The SMILES string of the molecule is CN1C=C(C=O)NC1c1ccccc1. The van der Waals surface area contributed by atoms with Crippen molar-refractivity contribution in [1.29, 1.82) is 0 Å². The van der Waals surface area contributed by atoms with Crippen LogP contribution >= 0.6 is 0 Å². The summed E-state index contributed by atoms with van der Waals surface area (Å²) in [6.07, 6.45) is 2.72. The van der Waals surface area contributed by atoms with Gasteiger partial charge in [0.05, 0.1) is 5.70 Å². The molecule has 0 saturated carbocycles. The van der Waals surface area contributed by atoms with Gasteiger partial charge in [0.1, 0.15) is 6.17 Å². The average molecular weight is 188 g/mol. The van der Waals surface area contributed by atoms with Crippen molar-refractivity contribution in [3.8, 4) is 0 Å². The number of aldehydes is 1. The summed E-state index contributed by atoms with van der Waals surface area (Å²) in [5.41, 5.74) is 1.78. The van der Waals surface area contributed by atoms with Crippen molar-refractivity contribution in [3.63, 3.8) is 0 Å². The van der Waals surface area contributed by atoms with Crippen LogP contribution in [0.15, 0.2) is 42.2 Å². The molecule has 1 heterocycles. The molecule has 14 heavy (non-hydrogen) atoms. The van der Waals surface area contributed by atoms with Gasteiger partial charge in [-0.25, -0.2) is 0 Å². The molecule has 1 atom stereocenters. The van der Waals surface area contributed by atoms with Gasteiger partial charge in [0.15, 0.2) is 6.29 Å². The third-order valence-electron chi connectivity index (χ3n) is 2.30. The fraction of sp³-hybridized carbons (Fsp3) is 0.182. The summed E-state index contributed by atoms with van der Waals surface area (Å²) in [5, 5.41) is 3.13. The lowest BCUT2D eigenvalue weighted by Crippen LogP contribution is -2.24. The Morgan fingerprint density at radius 3 is 2.64 bits per heavy atom. The summed E-state index contributed by atoms with van der Waals surface area (Å²) in [4.78, 5) is 12.6. The van der Waals surface area contributed by atoms with Crippen molar-refractivity contribution >= 4 is 6.29 Å². The minimum absolute atomic E-state index is 0.0800. The number of nitrogens with one attached hydrogen (secondary N) is 1. The van der Waals surface area contributed by atoms with Crippen LogP contribution in [-0.4, -0.2) is 18.2 Å². The molecule has 0 bridgehead atoms. The molecule has 1 aromatic carbocycles. The Bertz CT molecular complexity index is 359. The first kappa shape index (κ1) is 8.81. The van der Waals surface area contributed by atoms with Crippen molar-refractivity contribution in [2.24, 2.45) is 0 Å². The number of rotatable bonds is 2. The van der Waals surface area contributed by atoms with Crippen LogP contribution in [0.4, 0.5) is 0 Å². The van der Waals surface area contributed by atoms with E-state index in [0.29, 0.717) is 5.70 Å². The zero-order valence-corrected chi connectivity index (χ0v) is 7.97. The van der Waals surface area contributed by atoms with E-state index < -0.39 is 0 Å². The first-order valence-electron chi connectivity index (χ1n) is 4.51.